The molecular formula is C19H28N2O3S. The van der Waals surface area contributed by atoms with Gasteiger partial charge in [-0.25, -0.2) is 8.42 Å². The third-order valence-corrected chi connectivity index (χ3v) is 7.72. The standard InChI is InChI=1S/C19H28N2O3S/c1-3-24-19-10-15-6-4-5-14(15)9-16(19)11-21-8-7-20(2)17-12-25(22,23)13-18(17)21/h9-10,17-18H,3-8,11-13H2,1-2H3/t17-,18+/m1/s1. The topological polar surface area (TPSA) is 49.9 Å². The smallest absolute Gasteiger partial charge is 0.153 e. The Hall–Kier alpha value is -1.11. The molecule has 6 heteroatoms. The van der Waals surface area contributed by atoms with Crippen molar-refractivity contribution in [1.82, 2.24) is 9.80 Å². The van der Waals surface area contributed by atoms with Crippen LogP contribution in [0.1, 0.15) is 30.0 Å². The molecule has 0 unspecified atom stereocenters. The molecule has 2 fully saturated rings. The zero-order chi connectivity index (χ0) is 17.6. The number of rotatable bonds is 4. The van der Waals surface area contributed by atoms with E-state index >= 15 is 0 Å². The normalized spacial score (nSPS) is 28.7. The molecule has 0 N–H and O–H groups in total. The van der Waals surface area contributed by atoms with E-state index in [0.717, 1.165) is 38.2 Å². The van der Waals surface area contributed by atoms with Crippen molar-refractivity contribution in [3.05, 3.63) is 28.8 Å². The van der Waals surface area contributed by atoms with Gasteiger partial charge in [-0.2, -0.15) is 0 Å². The lowest BCUT2D eigenvalue weighted by molar-refractivity contribution is 0.0566. The lowest BCUT2D eigenvalue weighted by Gasteiger charge is -2.42. The van der Waals surface area contributed by atoms with Crippen molar-refractivity contribution in [2.45, 2.75) is 44.8 Å². The first kappa shape index (κ1) is 17.3. The molecule has 0 spiro atoms. The first-order valence-corrected chi connectivity index (χ1v) is 11.2. The SMILES string of the molecule is CCOc1cc2c(cc1CN1CCN(C)[C@@H]3CS(=O)(=O)C[C@@H]31)CCC2. The first-order valence-electron chi connectivity index (χ1n) is 9.39. The Labute approximate surface area is 150 Å². The summed E-state index contributed by atoms with van der Waals surface area (Å²) in [6, 6.07) is 4.76. The number of hydrogen-bond acceptors (Lipinski definition) is 5. The van der Waals surface area contributed by atoms with Crippen LogP contribution < -0.4 is 4.74 Å². The summed E-state index contributed by atoms with van der Waals surface area (Å²) in [7, 11) is -0.879. The fourth-order valence-corrected chi connectivity index (χ4v) is 6.77. The molecule has 0 radical (unpaired) electrons. The fraction of sp³-hybridized carbons (Fsp3) is 0.684. The lowest BCUT2D eigenvalue weighted by atomic mass is 10.0. The Morgan fingerprint density at radius 1 is 1.12 bits per heavy atom. The molecule has 1 aromatic carbocycles. The number of sulfone groups is 1. The molecule has 0 saturated carbocycles. The molecule has 0 aromatic heterocycles. The van der Waals surface area contributed by atoms with Crippen LogP contribution in [0, 0.1) is 0 Å². The van der Waals surface area contributed by atoms with E-state index in [4.69, 9.17) is 4.74 Å². The van der Waals surface area contributed by atoms with Crippen LogP contribution in [0.15, 0.2) is 12.1 Å². The molecule has 2 atom stereocenters. The van der Waals surface area contributed by atoms with Gasteiger partial charge in [0.15, 0.2) is 9.84 Å². The van der Waals surface area contributed by atoms with Crippen molar-refractivity contribution in [3.63, 3.8) is 0 Å². The molecule has 2 heterocycles. The number of benzene rings is 1. The van der Waals surface area contributed by atoms with Crippen LogP contribution in [0.25, 0.3) is 0 Å². The number of likely N-dealkylation sites (N-methyl/N-ethyl adjacent to an activating group) is 1. The highest BCUT2D eigenvalue weighted by atomic mass is 32.2. The minimum absolute atomic E-state index is 0.103. The summed E-state index contributed by atoms with van der Waals surface area (Å²) in [5.41, 5.74) is 4.09. The Morgan fingerprint density at radius 2 is 1.84 bits per heavy atom. The van der Waals surface area contributed by atoms with Crippen molar-refractivity contribution in [1.29, 1.82) is 0 Å². The van der Waals surface area contributed by atoms with Crippen LogP contribution in [0.2, 0.25) is 0 Å². The number of nitrogens with zero attached hydrogens (tertiary/aromatic N) is 2. The Kier molecular flexibility index (Phi) is 4.54. The molecule has 5 nitrogen and oxygen atoms in total. The number of aryl methyl sites for hydroxylation is 2. The van der Waals surface area contributed by atoms with Gasteiger partial charge in [-0.3, -0.25) is 9.80 Å². The number of ether oxygens (including phenoxy) is 1. The van der Waals surface area contributed by atoms with E-state index in [1.54, 1.807) is 0 Å². The molecule has 4 rings (SSSR count). The van der Waals surface area contributed by atoms with Gasteiger partial charge in [-0.05, 0) is 50.4 Å². The molecule has 0 amide bonds. The van der Waals surface area contributed by atoms with Crippen LogP contribution in [-0.2, 0) is 29.2 Å². The maximum atomic E-state index is 12.2. The van der Waals surface area contributed by atoms with Crippen LogP contribution in [0.5, 0.6) is 5.75 Å². The third kappa shape index (κ3) is 3.32. The summed E-state index contributed by atoms with van der Waals surface area (Å²) in [6.45, 7) is 5.30. The second-order valence-corrected chi connectivity index (χ2v) is 9.83. The molecule has 0 bridgehead atoms. The van der Waals surface area contributed by atoms with Gasteiger partial charge in [-0.15, -0.1) is 0 Å². The van der Waals surface area contributed by atoms with Crippen molar-refractivity contribution >= 4 is 9.84 Å². The van der Waals surface area contributed by atoms with E-state index in [1.165, 1.54) is 23.1 Å². The van der Waals surface area contributed by atoms with Crippen molar-refractivity contribution in [2.75, 3.05) is 38.2 Å². The van der Waals surface area contributed by atoms with Gasteiger partial charge in [0, 0.05) is 37.3 Å². The zero-order valence-corrected chi connectivity index (χ0v) is 16.0. The Morgan fingerprint density at radius 3 is 2.60 bits per heavy atom. The lowest BCUT2D eigenvalue weighted by Crippen LogP contribution is -2.57. The minimum atomic E-state index is -2.93. The summed E-state index contributed by atoms with van der Waals surface area (Å²) >= 11 is 0. The van der Waals surface area contributed by atoms with E-state index in [2.05, 4.69) is 29.0 Å². The molecule has 1 aromatic rings. The van der Waals surface area contributed by atoms with E-state index < -0.39 is 9.84 Å². The van der Waals surface area contributed by atoms with Crippen LogP contribution in [0.3, 0.4) is 0 Å². The second kappa shape index (κ2) is 6.56. The summed E-state index contributed by atoms with van der Waals surface area (Å²) in [5, 5.41) is 0. The molecule has 1 aliphatic carbocycles. The van der Waals surface area contributed by atoms with E-state index in [-0.39, 0.29) is 17.8 Å². The fourth-order valence-electron chi connectivity index (χ4n) is 4.68. The predicted octanol–water partition coefficient (Wildman–Crippen LogP) is 1.49. The quantitative estimate of drug-likeness (QED) is 0.810. The van der Waals surface area contributed by atoms with E-state index in [9.17, 15) is 8.42 Å². The van der Waals surface area contributed by atoms with E-state index in [1.807, 2.05) is 6.92 Å². The predicted molar refractivity (Wildman–Crippen MR) is 98.9 cm³/mol. The van der Waals surface area contributed by atoms with Gasteiger partial charge in [-0.1, -0.05) is 6.07 Å². The van der Waals surface area contributed by atoms with Crippen LogP contribution in [0.4, 0.5) is 0 Å². The number of hydrogen-bond donors (Lipinski definition) is 0. The summed E-state index contributed by atoms with van der Waals surface area (Å²) in [4.78, 5) is 4.59. The molecule has 2 aliphatic heterocycles. The number of fused-ring (bicyclic) bond motifs is 2. The highest BCUT2D eigenvalue weighted by molar-refractivity contribution is 7.91. The maximum Gasteiger partial charge on any atom is 0.153 e. The molecule has 138 valence electrons. The van der Waals surface area contributed by atoms with Gasteiger partial charge in [0.1, 0.15) is 5.75 Å². The van der Waals surface area contributed by atoms with Crippen LogP contribution in [-0.4, -0.2) is 68.6 Å². The maximum absolute atomic E-state index is 12.2. The van der Waals surface area contributed by atoms with Gasteiger partial charge in [0.2, 0.25) is 0 Å². The molecule has 3 aliphatic rings. The summed E-state index contributed by atoms with van der Waals surface area (Å²) < 4.78 is 30.3. The molecule has 25 heavy (non-hydrogen) atoms. The highest BCUT2D eigenvalue weighted by Crippen LogP contribution is 2.33. The van der Waals surface area contributed by atoms with Gasteiger partial charge in [0.05, 0.1) is 18.1 Å². The van der Waals surface area contributed by atoms with Crippen molar-refractivity contribution in [2.24, 2.45) is 0 Å². The van der Waals surface area contributed by atoms with Crippen molar-refractivity contribution in [3.8, 4) is 5.75 Å². The second-order valence-electron chi connectivity index (χ2n) is 7.68. The van der Waals surface area contributed by atoms with Crippen molar-refractivity contribution < 1.29 is 13.2 Å². The molecular weight excluding hydrogens is 336 g/mol. The van der Waals surface area contributed by atoms with E-state index in [0.29, 0.717) is 12.4 Å². The van der Waals surface area contributed by atoms with Gasteiger partial charge >= 0.3 is 0 Å². The largest absolute Gasteiger partial charge is 0.494 e. The third-order valence-electron chi connectivity index (χ3n) is 6.02. The molecule has 2 saturated heterocycles. The van der Waals surface area contributed by atoms with Gasteiger partial charge < -0.3 is 4.74 Å². The number of piperazine rings is 1. The zero-order valence-electron chi connectivity index (χ0n) is 15.2. The Balaban J connectivity index is 1.61. The summed E-state index contributed by atoms with van der Waals surface area (Å²) in [6.07, 6.45) is 3.52. The highest BCUT2D eigenvalue weighted by Gasteiger charge is 2.45. The average molecular weight is 365 g/mol. The van der Waals surface area contributed by atoms with Crippen LogP contribution >= 0.6 is 0 Å². The Bertz CT molecular complexity index is 762. The average Bonchev–Trinajstić information content (AvgIpc) is 3.13. The minimum Gasteiger partial charge on any atom is -0.494 e. The summed E-state index contributed by atoms with van der Waals surface area (Å²) in [5.74, 6) is 1.57. The first-order chi connectivity index (χ1) is 12.0. The van der Waals surface area contributed by atoms with Gasteiger partial charge in [0.25, 0.3) is 0 Å². The monoisotopic (exact) mass is 364 g/mol.